The molecule has 0 aromatic heterocycles. The fourth-order valence-electron chi connectivity index (χ4n) is 2.37. The summed E-state index contributed by atoms with van der Waals surface area (Å²) < 4.78 is 10.6. The molecular formula is C23H31NO5. The van der Waals surface area contributed by atoms with Gasteiger partial charge < -0.3 is 14.8 Å². The van der Waals surface area contributed by atoms with Crippen LogP contribution in [0.15, 0.2) is 54.6 Å². The third-order valence-corrected chi connectivity index (χ3v) is 3.88. The van der Waals surface area contributed by atoms with Crippen molar-refractivity contribution in [2.75, 3.05) is 6.54 Å². The lowest BCUT2D eigenvalue weighted by Gasteiger charge is -2.16. The molecule has 0 heterocycles. The minimum atomic E-state index is -1.02. The summed E-state index contributed by atoms with van der Waals surface area (Å²) in [5, 5.41) is 2.49. The van der Waals surface area contributed by atoms with E-state index in [4.69, 9.17) is 9.47 Å². The zero-order chi connectivity index (χ0) is 21.3. The number of carbonyl (C=O) groups is 3. The van der Waals surface area contributed by atoms with E-state index < -0.39 is 18.0 Å². The molecule has 0 aliphatic heterocycles. The topological polar surface area (TPSA) is 81.7 Å². The maximum Gasteiger partial charge on any atom is 0.347 e. The molecule has 0 radical (unpaired) electrons. The Hall–Kier alpha value is -2.89. The molecule has 1 amide bonds. The van der Waals surface area contributed by atoms with Gasteiger partial charge in [-0.3, -0.25) is 9.59 Å². The predicted octanol–water partition coefficient (Wildman–Crippen LogP) is 3.86. The van der Waals surface area contributed by atoms with Gasteiger partial charge in [0.05, 0.1) is 0 Å². The van der Waals surface area contributed by atoms with Crippen molar-refractivity contribution in [1.82, 2.24) is 5.32 Å². The molecule has 29 heavy (non-hydrogen) atoms. The monoisotopic (exact) mass is 401 g/mol. The van der Waals surface area contributed by atoms with Gasteiger partial charge in [-0.2, -0.15) is 0 Å². The average molecular weight is 402 g/mol. The normalized spacial score (nSPS) is 12.1. The molecule has 0 aliphatic carbocycles. The van der Waals surface area contributed by atoms with Gasteiger partial charge in [0.2, 0.25) is 5.91 Å². The van der Waals surface area contributed by atoms with Crippen molar-refractivity contribution in [3.63, 3.8) is 0 Å². The molecule has 0 unspecified atom stereocenters. The maximum absolute atomic E-state index is 12.4. The average Bonchev–Trinajstić information content (AvgIpc) is 2.73. The number of allylic oxidation sites excluding steroid dienone is 4. The van der Waals surface area contributed by atoms with Crippen LogP contribution in [0.4, 0.5) is 0 Å². The fraction of sp³-hybridized carbons (Fsp3) is 0.435. The molecule has 6 heteroatoms. The Labute approximate surface area is 173 Å². The molecule has 158 valence electrons. The molecule has 0 saturated carbocycles. The Balaban J connectivity index is 2.59. The second-order valence-corrected chi connectivity index (χ2v) is 6.44. The smallest absolute Gasteiger partial charge is 0.347 e. The number of hydrogen-bond acceptors (Lipinski definition) is 5. The lowest BCUT2D eigenvalue weighted by atomic mass is 10.2. The number of ether oxygens (including phenoxy) is 2. The largest absolute Gasteiger partial charge is 0.458 e. The zero-order valence-corrected chi connectivity index (χ0v) is 17.3. The lowest BCUT2D eigenvalue weighted by molar-refractivity contribution is -0.168. The fourth-order valence-corrected chi connectivity index (χ4v) is 2.37. The van der Waals surface area contributed by atoms with Crippen LogP contribution in [0.2, 0.25) is 0 Å². The Morgan fingerprint density at radius 1 is 1.07 bits per heavy atom. The summed E-state index contributed by atoms with van der Waals surface area (Å²) in [6.07, 6.45) is 9.55. The van der Waals surface area contributed by atoms with Gasteiger partial charge >= 0.3 is 11.9 Å². The van der Waals surface area contributed by atoms with Crippen molar-refractivity contribution in [3.05, 3.63) is 60.2 Å². The van der Waals surface area contributed by atoms with Crippen molar-refractivity contribution >= 4 is 17.8 Å². The Bertz CT molecular complexity index is 682. The summed E-state index contributed by atoms with van der Waals surface area (Å²) in [5.74, 6) is -1.48. The SMILES string of the molecule is CC/C=C\C=C/CC[C@@H](OC(=O)CNC(=O)CCC)C(=O)OCc1ccccc1. The molecule has 0 bridgehead atoms. The highest BCUT2D eigenvalue weighted by molar-refractivity contribution is 5.84. The van der Waals surface area contributed by atoms with E-state index in [1.807, 2.05) is 68.5 Å². The van der Waals surface area contributed by atoms with Gasteiger partial charge in [0.1, 0.15) is 13.2 Å². The second-order valence-electron chi connectivity index (χ2n) is 6.44. The Morgan fingerprint density at radius 2 is 1.79 bits per heavy atom. The van der Waals surface area contributed by atoms with Crippen LogP contribution in [0.1, 0.15) is 51.5 Å². The number of amides is 1. The number of esters is 2. The minimum Gasteiger partial charge on any atom is -0.458 e. The first-order valence-corrected chi connectivity index (χ1v) is 10.0. The molecule has 0 spiro atoms. The molecule has 0 aliphatic rings. The van der Waals surface area contributed by atoms with Crippen LogP contribution in [-0.4, -0.2) is 30.5 Å². The number of nitrogens with one attached hydrogen (secondary N) is 1. The highest BCUT2D eigenvalue weighted by atomic mass is 16.6. The molecule has 6 nitrogen and oxygen atoms in total. The lowest BCUT2D eigenvalue weighted by Crippen LogP contribution is -2.35. The van der Waals surface area contributed by atoms with Crippen LogP contribution < -0.4 is 5.32 Å². The van der Waals surface area contributed by atoms with Gasteiger partial charge in [-0.05, 0) is 31.2 Å². The third kappa shape index (κ3) is 11.5. The molecule has 1 rings (SSSR count). The first kappa shape index (κ1) is 24.1. The summed E-state index contributed by atoms with van der Waals surface area (Å²) in [6, 6.07) is 9.28. The van der Waals surface area contributed by atoms with E-state index in [9.17, 15) is 14.4 Å². The minimum absolute atomic E-state index is 0.107. The Kier molecular flexibility index (Phi) is 12.6. The molecular weight excluding hydrogens is 370 g/mol. The standard InChI is InChI=1S/C23H31NO5/c1-3-5-6-7-8-12-16-20(29-22(26)17-24-21(25)13-4-2)23(27)28-18-19-14-10-9-11-15-19/h5-11,14-15,20H,3-4,12-13,16-18H2,1-2H3,(H,24,25)/b6-5-,8-7-/t20-/m1/s1. The summed E-state index contributed by atoms with van der Waals surface area (Å²) in [4.78, 5) is 36.0. The molecule has 0 fully saturated rings. The van der Waals surface area contributed by atoms with Gasteiger partial charge in [-0.15, -0.1) is 0 Å². The van der Waals surface area contributed by atoms with Gasteiger partial charge in [0.15, 0.2) is 6.10 Å². The van der Waals surface area contributed by atoms with Crippen molar-refractivity contribution in [2.24, 2.45) is 0 Å². The predicted molar refractivity (Wildman–Crippen MR) is 112 cm³/mol. The molecule has 0 saturated heterocycles. The highest BCUT2D eigenvalue weighted by Crippen LogP contribution is 2.09. The third-order valence-electron chi connectivity index (χ3n) is 3.88. The van der Waals surface area contributed by atoms with Gasteiger partial charge in [-0.1, -0.05) is 68.5 Å². The Morgan fingerprint density at radius 3 is 2.48 bits per heavy atom. The van der Waals surface area contributed by atoms with E-state index in [2.05, 4.69) is 5.32 Å². The van der Waals surface area contributed by atoms with E-state index in [1.165, 1.54) is 0 Å². The number of carbonyl (C=O) groups excluding carboxylic acids is 3. The van der Waals surface area contributed by atoms with Crippen LogP contribution in [0.5, 0.6) is 0 Å². The van der Waals surface area contributed by atoms with E-state index in [0.29, 0.717) is 25.7 Å². The van der Waals surface area contributed by atoms with Crippen molar-refractivity contribution in [2.45, 2.75) is 58.7 Å². The summed E-state index contributed by atoms with van der Waals surface area (Å²) in [5.41, 5.74) is 0.849. The van der Waals surface area contributed by atoms with Crippen molar-refractivity contribution in [3.8, 4) is 0 Å². The molecule has 1 atom stereocenters. The first-order valence-electron chi connectivity index (χ1n) is 10.0. The summed E-state index contributed by atoms with van der Waals surface area (Å²) >= 11 is 0. The summed E-state index contributed by atoms with van der Waals surface area (Å²) in [6.45, 7) is 3.76. The van der Waals surface area contributed by atoms with Gasteiger partial charge in [-0.25, -0.2) is 4.79 Å². The highest BCUT2D eigenvalue weighted by Gasteiger charge is 2.24. The van der Waals surface area contributed by atoms with Crippen molar-refractivity contribution < 1.29 is 23.9 Å². The van der Waals surface area contributed by atoms with Gasteiger partial charge in [0.25, 0.3) is 0 Å². The van der Waals surface area contributed by atoms with Crippen molar-refractivity contribution in [1.29, 1.82) is 0 Å². The zero-order valence-electron chi connectivity index (χ0n) is 17.3. The molecule has 1 N–H and O–H groups in total. The molecule has 1 aromatic carbocycles. The van der Waals surface area contributed by atoms with Crippen LogP contribution >= 0.6 is 0 Å². The number of benzene rings is 1. The van der Waals surface area contributed by atoms with Crippen LogP contribution in [0.3, 0.4) is 0 Å². The van der Waals surface area contributed by atoms with E-state index >= 15 is 0 Å². The molecule has 1 aromatic rings. The van der Waals surface area contributed by atoms with Crippen LogP contribution in [0.25, 0.3) is 0 Å². The van der Waals surface area contributed by atoms with Crippen LogP contribution in [0, 0.1) is 0 Å². The first-order chi connectivity index (χ1) is 14.1. The van der Waals surface area contributed by atoms with E-state index in [0.717, 1.165) is 12.0 Å². The van der Waals surface area contributed by atoms with Crippen LogP contribution in [-0.2, 0) is 30.5 Å². The quantitative estimate of drug-likeness (QED) is 0.401. The second kappa shape index (κ2) is 15.1. The van der Waals surface area contributed by atoms with E-state index in [1.54, 1.807) is 0 Å². The van der Waals surface area contributed by atoms with Gasteiger partial charge in [0, 0.05) is 6.42 Å². The number of hydrogen-bond donors (Lipinski definition) is 1. The summed E-state index contributed by atoms with van der Waals surface area (Å²) in [7, 11) is 0. The number of rotatable bonds is 13. The maximum atomic E-state index is 12.4. The van der Waals surface area contributed by atoms with E-state index in [-0.39, 0.29) is 19.1 Å².